The maximum Gasteiger partial charge on any atom is 0.335 e. The molecule has 0 aliphatic carbocycles. The molecule has 2 aromatic rings. The van der Waals surface area contributed by atoms with Crippen molar-refractivity contribution in [2.45, 2.75) is 44.5 Å². The zero-order valence-corrected chi connectivity index (χ0v) is 17.4. The van der Waals surface area contributed by atoms with Crippen LogP contribution < -0.4 is 10.2 Å². The first-order valence-electron chi connectivity index (χ1n) is 9.80. The molecule has 1 aliphatic heterocycles. The number of carbonyl (C=O) groups excluding carboxylic acids is 2. The summed E-state index contributed by atoms with van der Waals surface area (Å²) in [4.78, 5) is 35.9. The minimum atomic E-state index is -1.85. The Bertz CT molecular complexity index is 992. The molecule has 0 radical (unpaired) electrons. The van der Waals surface area contributed by atoms with Gasteiger partial charge in [0.15, 0.2) is 12.3 Å². The molecule has 0 aromatic heterocycles. The average molecular weight is 444 g/mol. The number of hydrogen-bond donors (Lipinski definition) is 5. The van der Waals surface area contributed by atoms with Gasteiger partial charge in [-0.2, -0.15) is 0 Å². The smallest absolute Gasteiger partial charge is 0.335 e. The second-order valence-corrected chi connectivity index (χ2v) is 7.45. The van der Waals surface area contributed by atoms with Crippen LogP contribution in [0, 0.1) is 0 Å². The lowest BCUT2D eigenvalue weighted by Gasteiger charge is -2.43. The lowest BCUT2D eigenvalue weighted by atomic mass is 9.97. The monoisotopic (exact) mass is 444 g/mol. The number of nitrogens with zero attached hydrogens (tertiary/aromatic N) is 1. The van der Waals surface area contributed by atoms with Crippen molar-refractivity contribution in [1.29, 1.82) is 0 Å². The Morgan fingerprint density at radius 2 is 1.38 bits per heavy atom. The van der Waals surface area contributed by atoms with Gasteiger partial charge in [-0.15, -0.1) is 0 Å². The van der Waals surface area contributed by atoms with Crippen molar-refractivity contribution in [1.82, 2.24) is 0 Å². The molecule has 170 valence electrons. The second kappa shape index (κ2) is 9.45. The third-order valence-corrected chi connectivity index (χ3v) is 5.11. The van der Waals surface area contributed by atoms with E-state index in [-0.39, 0.29) is 5.91 Å². The van der Waals surface area contributed by atoms with E-state index in [4.69, 9.17) is 4.74 Å². The van der Waals surface area contributed by atoms with Gasteiger partial charge in [-0.1, -0.05) is 24.3 Å². The van der Waals surface area contributed by atoms with Crippen LogP contribution in [0.25, 0.3) is 11.1 Å². The summed E-state index contributed by atoms with van der Waals surface area (Å²) in [5.41, 5.74) is 2.60. The molecular formula is C22H24N2O8. The first kappa shape index (κ1) is 23.4. The SMILES string of the molecule is CC(=O)Nc1ccc(-c2ccc(N(C(C)=O)C3OC(C(=O)O)C(O)C(O)C3O)cc2)cc1. The summed E-state index contributed by atoms with van der Waals surface area (Å²) in [5.74, 6) is -2.27. The standard InChI is InChI=1S/C22H24N2O8/c1-11(25)23-15-7-3-13(4-8-15)14-5-9-16(10-6-14)24(12(2)26)21-19(29)17(27)18(28)20(32-21)22(30)31/h3-10,17-21,27-29H,1-2H3,(H,23,25)(H,30,31). The molecule has 5 atom stereocenters. The first-order valence-corrected chi connectivity index (χ1v) is 9.80. The summed E-state index contributed by atoms with van der Waals surface area (Å²) in [5, 5.41) is 42.2. The van der Waals surface area contributed by atoms with Crippen molar-refractivity contribution >= 4 is 29.2 Å². The molecule has 2 aromatic carbocycles. The number of anilines is 2. The van der Waals surface area contributed by atoms with Gasteiger partial charge in [0, 0.05) is 25.2 Å². The number of benzene rings is 2. The van der Waals surface area contributed by atoms with E-state index in [1.54, 1.807) is 36.4 Å². The molecule has 0 saturated carbocycles. The number of ether oxygens (including phenoxy) is 1. The molecule has 5 N–H and O–H groups in total. The maximum atomic E-state index is 12.3. The Morgan fingerprint density at radius 1 is 0.844 bits per heavy atom. The highest BCUT2D eigenvalue weighted by atomic mass is 16.6. The third kappa shape index (κ3) is 4.78. The summed E-state index contributed by atoms with van der Waals surface area (Å²) < 4.78 is 5.29. The van der Waals surface area contributed by atoms with Crippen molar-refractivity contribution in [2.24, 2.45) is 0 Å². The van der Waals surface area contributed by atoms with Gasteiger partial charge >= 0.3 is 5.97 Å². The molecule has 10 heteroatoms. The molecule has 1 saturated heterocycles. The molecule has 32 heavy (non-hydrogen) atoms. The molecule has 3 rings (SSSR count). The average Bonchev–Trinajstić information content (AvgIpc) is 2.74. The van der Waals surface area contributed by atoms with Crippen LogP contribution in [0.1, 0.15) is 13.8 Å². The number of hydrogen-bond acceptors (Lipinski definition) is 7. The van der Waals surface area contributed by atoms with Gasteiger partial charge in [0.1, 0.15) is 18.3 Å². The van der Waals surface area contributed by atoms with Gasteiger partial charge in [0.2, 0.25) is 11.8 Å². The van der Waals surface area contributed by atoms with Crippen LogP contribution in [0.4, 0.5) is 11.4 Å². The lowest BCUT2D eigenvalue weighted by Crippen LogP contribution is -2.65. The number of rotatable bonds is 5. The highest BCUT2D eigenvalue weighted by Crippen LogP contribution is 2.30. The van der Waals surface area contributed by atoms with Crippen LogP contribution in [0.15, 0.2) is 48.5 Å². The van der Waals surface area contributed by atoms with Crippen LogP contribution in [0.3, 0.4) is 0 Å². The van der Waals surface area contributed by atoms with Gasteiger partial charge < -0.3 is 30.5 Å². The predicted molar refractivity (Wildman–Crippen MR) is 114 cm³/mol. The van der Waals surface area contributed by atoms with Crippen molar-refractivity contribution < 1.29 is 39.5 Å². The van der Waals surface area contributed by atoms with E-state index < -0.39 is 42.5 Å². The molecule has 0 spiro atoms. The third-order valence-electron chi connectivity index (χ3n) is 5.11. The number of amides is 2. The Kier molecular flexibility index (Phi) is 6.90. The summed E-state index contributed by atoms with van der Waals surface area (Å²) in [7, 11) is 0. The summed E-state index contributed by atoms with van der Waals surface area (Å²) in [6.45, 7) is 2.62. The van der Waals surface area contributed by atoms with Crippen LogP contribution >= 0.6 is 0 Å². The van der Waals surface area contributed by atoms with E-state index in [1.165, 1.54) is 13.8 Å². The Morgan fingerprint density at radius 3 is 1.84 bits per heavy atom. The molecule has 10 nitrogen and oxygen atoms in total. The summed E-state index contributed by atoms with van der Waals surface area (Å²) in [6, 6.07) is 13.7. The van der Waals surface area contributed by atoms with E-state index in [2.05, 4.69) is 5.32 Å². The van der Waals surface area contributed by atoms with Crippen molar-refractivity contribution in [3.63, 3.8) is 0 Å². The molecule has 0 bridgehead atoms. The number of carboxylic acid groups (broad SMARTS) is 1. The largest absolute Gasteiger partial charge is 0.479 e. The van der Waals surface area contributed by atoms with Gasteiger partial charge in [-0.3, -0.25) is 14.5 Å². The lowest BCUT2D eigenvalue weighted by molar-refractivity contribution is -0.227. The number of carboxylic acids is 1. The van der Waals surface area contributed by atoms with E-state index in [9.17, 15) is 34.8 Å². The normalized spacial score (nSPS) is 25.1. The van der Waals surface area contributed by atoms with Crippen LogP contribution in [-0.2, 0) is 19.1 Å². The molecule has 1 heterocycles. The maximum absolute atomic E-state index is 12.3. The van der Waals surface area contributed by atoms with Gasteiger partial charge in [-0.05, 0) is 35.4 Å². The van der Waals surface area contributed by atoms with Gasteiger partial charge in [0.25, 0.3) is 0 Å². The zero-order valence-electron chi connectivity index (χ0n) is 17.4. The van der Waals surface area contributed by atoms with E-state index in [0.717, 1.165) is 16.0 Å². The quantitative estimate of drug-likeness (QED) is 0.448. The van der Waals surface area contributed by atoms with Crippen LogP contribution in [0.5, 0.6) is 0 Å². The number of aliphatic hydroxyl groups excluding tert-OH is 3. The van der Waals surface area contributed by atoms with Gasteiger partial charge in [-0.25, -0.2) is 4.79 Å². The fourth-order valence-corrected chi connectivity index (χ4v) is 3.55. The van der Waals surface area contributed by atoms with Crippen molar-refractivity contribution in [3.05, 3.63) is 48.5 Å². The number of aliphatic carboxylic acids is 1. The van der Waals surface area contributed by atoms with E-state index in [1.807, 2.05) is 12.1 Å². The molecule has 1 aliphatic rings. The molecule has 2 amide bonds. The highest BCUT2D eigenvalue weighted by Gasteiger charge is 2.49. The topological polar surface area (TPSA) is 157 Å². The molecule has 5 unspecified atom stereocenters. The summed E-state index contributed by atoms with van der Waals surface area (Å²) in [6.07, 6.45) is -8.74. The van der Waals surface area contributed by atoms with Crippen LogP contribution in [0.2, 0.25) is 0 Å². The molecular weight excluding hydrogens is 420 g/mol. The number of carbonyl (C=O) groups is 3. The van der Waals surface area contributed by atoms with E-state index in [0.29, 0.717) is 11.4 Å². The fourth-order valence-electron chi connectivity index (χ4n) is 3.55. The highest BCUT2D eigenvalue weighted by molar-refractivity contribution is 5.92. The Labute approximate surface area is 183 Å². The predicted octanol–water partition coefficient (Wildman–Crippen LogP) is 0.557. The number of nitrogens with one attached hydrogen (secondary N) is 1. The Balaban J connectivity index is 1.87. The van der Waals surface area contributed by atoms with Crippen molar-refractivity contribution in [2.75, 3.05) is 10.2 Å². The van der Waals surface area contributed by atoms with Gasteiger partial charge in [0.05, 0.1) is 0 Å². The van der Waals surface area contributed by atoms with E-state index >= 15 is 0 Å². The Hall–Kier alpha value is -3.31. The van der Waals surface area contributed by atoms with Crippen molar-refractivity contribution in [3.8, 4) is 11.1 Å². The summed E-state index contributed by atoms with van der Waals surface area (Å²) >= 11 is 0. The minimum Gasteiger partial charge on any atom is -0.479 e. The fraction of sp³-hybridized carbons (Fsp3) is 0.318. The molecule has 1 fully saturated rings. The number of aliphatic hydroxyl groups is 3. The first-order chi connectivity index (χ1) is 15.1. The van der Waals surface area contributed by atoms with Crippen LogP contribution in [-0.4, -0.2) is 68.9 Å². The zero-order chi connectivity index (χ0) is 23.6. The second-order valence-electron chi connectivity index (χ2n) is 7.45. The minimum absolute atomic E-state index is 0.179.